The zero-order chi connectivity index (χ0) is 13.1. The zero-order valence-electron chi connectivity index (χ0n) is 8.91. The van der Waals surface area contributed by atoms with Gasteiger partial charge in [0.05, 0.1) is 0 Å². The van der Waals surface area contributed by atoms with Crippen molar-refractivity contribution in [2.24, 2.45) is 0 Å². The molecule has 2 aromatic rings. The molecule has 0 fully saturated rings. The third kappa shape index (κ3) is 2.66. The third-order valence-corrected chi connectivity index (χ3v) is 1.90. The predicted molar refractivity (Wildman–Crippen MR) is 54.4 cm³/mol. The van der Waals surface area contributed by atoms with Gasteiger partial charge in [-0.25, -0.2) is 9.97 Å². The number of carboxylic acids is 2. The van der Waals surface area contributed by atoms with Crippen LogP contribution < -0.4 is 0 Å². The summed E-state index contributed by atoms with van der Waals surface area (Å²) in [7, 11) is 0. The number of carboxylic acid groups (broad SMARTS) is 2. The second-order valence-electron chi connectivity index (χ2n) is 3.35. The Balaban J connectivity index is 2.15. The van der Waals surface area contributed by atoms with Gasteiger partial charge in [0, 0.05) is 0 Å². The molecular weight excluding hydrogens is 244 g/mol. The Morgan fingerprint density at radius 3 is 1.61 bits per heavy atom. The minimum atomic E-state index is -1.04. The SMILES string of the molecule is O=C(O)Cc1nc(-c2n[nH]c(CC(=O)O)n2)n[nH]1. The first-order chi connectivity index (χ1) is 8.54. The summed E-state index contributed by atoms with van der Waals surface area (Å²) in [6, 6.07) is 0. The zero-order valence-corrected chi connectivity index (χ0v) is 8.91. The van der Waals surface area contributed by atoms with Crippen molar-refractivity contribution >= 4 is 11.9 Å². The Bertz CT molecular complexity index is 536. The van der Waals surface area contributed by atoms with Gasteiger partial charge in [-0.05, 0) is 0 Å². The average Bonchev–Trinajstić information content (AvgIpc) is 2.85. The number of nitrogens with one attached hydrogen (secondary N) is 2. The topological polar surface area (TPSA) is 158 Å². The number of rotatable bonds is 5. The maximum atomic E-state index is 10.4. The standard InChI is InChI=1S/C8H8N6O4/c15-5(16)1-3-9-7(13-11-3)8-10-4(12-14-8)2-6(17)18/h1-2H2,(H,15,16)(H,17,18)(H,9,11,13)(H,10,12,14). The molecule has 0 aliphatic carbocycles. The molecule has 2 heterocycles. The summed E-state index contributed by atoms with van der Waals surface area (Å²) < 4.78 is 0. The number of carbonyl (C=O) groups is 2. The van der Waals surface area contributed by atoms with E-state index in [4.69, 9.17) is 10.2 Å². The first-order valence-corrected chi connectivity index (χ1v) is 4.81. The van der Waals surface area contributed by atoms with Crippen LogP contribution in [0, 0.1) is 0 Å². The molecule has 10 heteroatoms. The molecule has 0 aliphatic heterocycles. The Kier molecular flexibility index (Phi) is 3.00. The molecule has 0 aliphatic rings. The lowest BCUT2D eigenvalue weighted by atomic mass is 10.4. The Morgan fingerprint density at radius 2 is 1.28 bits per heavy atom. The van der Waals surface area contributed by atoms with Gasteiger partial charge >= 0.3 is 11.9 Å². The maximum absolute atomic E-state index is 10.4. The van der Waals surface area contributed by atoms with Gasteiger partial charge in [-0.15, -0.1) is 10.2 Å². The molecule has 0 bridgehead atoms. The van der Waals surface area contributed by atoms with Gasteiger partial charge < -0.3 is 10.2 Å². The van der Waals surface area contributed by atoms with Gasteiger partial charge in [-0.3, -0.25) is 19.8 Å². The summed E-state index contributed by atoms with van der Waals surface area (Å²) in [5.41, 5.74) is 0. The number of hydrogen-bond donors (Lipinski definition) is 4. The summed E-state index contributed by atoms with van der Waals surface area (Å²) in [6.45, 7) is 0. The molecule has 0 atom stereocenters. The fourth-order valence-corrected chi connectivity index (χ4v) is 1.24. The van der Waals surface area contributed by atoms with Crippen LogP contribution in [0.2, 0.25) is 0 Å². The molecular formula is C8H8N6O4. The number of hydrogen-bond acceptors (Lipinski definition) is 6. The smallest absolute Gasteiger partial charge is 0.311 e. The molecule has 2 rings (SSSR count). The van der Waals surface area contributed by atoms with Crippen molar-refractivity contribution in [1.82, 2.24) is 30.4 Å². The van der Waals surface area contributed by atoms with E-state index in [1.165, 1.54) is 0 Å². The summed E-state index contributed by atoms with van der Waals surface area (Å²) >= 11 is 0. The molecule has 0 radical (unpaired) electrons. The molecule has 0 saturated carbocycles. The average molecular weight is 252 g/mol. The molecule has 18 heavy (non-hydrogen) atoms. The predicted octanol–water partition coefficient (Wildman–Crippen LogP) is -1.16. The lowest BCUT2D eigenvalue weighted by Crippen LogP contribution is -2.02. The van der Waals surface area contributed by atoms with Gasteiger partial charge in [0.25, 0.3) is 0 Å². The highest BCUT2D eigenvalue weighted by molar-refractivity contribution is 5.69. The van der Waals surface area contributed by atoms with Gasteiger partial charge in [-0.2, -0.15) is 0 Å². The van der Waals surface area contributed by atoms with Crippen molar-refractivity contribution in [3.63, 3.8) is 0 Å². The van der Waals surface area contributed by atoms with E-state index in [1.54, 1.807) is 0 Å². The number of aromatic amines is 2. The molecule has 0 unspecified atom stereocenters. The second kappa shape index (κ2) is 4.61. The van der Waals surface area contributed by atoms with E-state index in [0.29, 0.717) is 0 Å². The highest BCUT2D eigenvalue weighted by atomic mass is 16.4. The fourth-order valence-electron chi connectivity index (χ4n) is 1.24. The van der Waals surface area contributed by atoms with Gasteiger partial charge in [0.2, 0.25) is 11.6 Å². The van der Waals surface area contributed by atoms with Crippen LogP contribution in [0.1, 0.15) is 11.6 Å². The Hall–Kier alpha value is -2.78. The van der Waals surface area contributed by atoms with Gasteiger partial charge in [0.15, 0.2) is 0 Å². The molecule has 10 nitrogen and oxygen atoms in total. The summed E-state index contributed by atoms with van der Waals surface area (Å²) in [5, 5.41) is 29.5. The highest BCUT2D eigenvalue weighted by Gasteiger charge is 2.14. The lowest BCUT2D eigenvalue weighted by molar-refractivity contribution is -0.137. The van der Waals surface area contributed by atoms with Gasteiger partial charge in [-0.1, -0.05) is 0 Å². The minimum absolute atomic E-state index is 0.110. The van der Waals surface area contributed by atoms with Crippen molar-refractivity contribution < 1.29 is 19.8 Å². The number of H-pyrrole nitrogens is 2. The van der Waals surface area contributed by atoms with E-state index >= 15 is 0 Å². The van der Waals surface area contributed by atoms with Crippen LogP contribution in [0.3, 0.4) is 0 Å². The second-order valence-corrected chi connectivity index (χ2v) is 3.35. The molecule has 0 spiro atoms. The maximum Gasteiger partial charge on any atom is 0.311 e. The third-order valence-electron chi connectivity index (χ3n) is 1.90. The molecule has 0 amide bonds. The largest absolute Gasteiger partial charge is 0.481 e. The van der Waals surface area contributed by atoms with E-state index in [-0.39, 0.29) is 36.1 Å². The fraction of sp³-hybridized carbons (Fsp3) is 0.250. The Labute approximate surface area is 99.1 Å². The number of nitrogens with zero attached hydrogens (tertiary/aromatic N) is 4. The molecule has 4 N–H and O–H groups in total. The van der Waals surface area contributed by atoms with E-state index in [9.17, 15) is 9.59 Å². The first kappa shape index (κ1) is 11.7. The normalized spacial score (nSPS) is 10.4. The van der Waals surface area contributed by atoms with Crippen molar-refractivity contribution in [1.29, 1.82) is 0 Å². The molecule has 0 aromatic carbocycles. The summed E-state index contributed by atoms with van der Waals surface area (Å²) in [5.74, 6) is -1.53. The van der Waals surface area contributed by atoms with Crippen LogP contribution in [0.15, 0.2) is 0 Å². The first-order valence-electron chi connectivity index (χ1n) is 4.81. The van der Waals surface area contributed by atoms with Crippen LogP contribution in [0.4, 0.5) is 0 Å². The monoisotopic (exact) mass is 252 g/mol. The minimum Gasteiger partial charge on any atom is -0.481 e. The van der Waals surface area contributed by atoms with Crippen molar-refractivity contribution in [3.8, 4) is 11.6 Å². The molecule has 2 aromatic heterocycles. The highest BCUT2D eigenvalue weighted by Crippen LogP contribution is 2.08. The molecule has 94 valence electrons. The van der Waals surface area contributed by atoms with E-state index in [2.05, 4.69) is 30.4 Å². The van der Waals surface area contributed by atoms with Crippen molar-refractivity contribution in [2.75, 3.05) is 0 Å². The summed E-state index contributed by atoms with van der Waals surface area (Å²) in [4.78, 5) is 28.6. The quantitative estimate of drug-likeness (QED) is 0.518. The van der Waals surface area contributed by atoms with Crippen molar-refractivity contribution in [2.45, 2.75) is 12.8 Å². The van der Waals surface area contributed by atoms with Crippen LogP contribution >= 0.6 is 0 Å². The van der Waals surface area contributed by atoms with Crippen LogP contribution in [-0.4, -0.2) is 52.5 Å². The molecule has 0 saturated heterocycles. The van der Waals surface area contributed by atoms with E-state index in [1.807, 2.05) is 0 Å². The summed E-state index contributed by atoms with van der Waals surface area (Å²) in [6.07, 6.45) is -0.585. The van der Waals surface area contributed by atoms with Crippen LogP contribution in [0.5, 0.6) is 0 Å². The number of aliphatic carboxylic acids is 2. The lowest BCUT2D eigenvalue weighted by Gasteiger charge is -1.86. The van der Waals surface area contributed by atoms with Crippen molar-refractivity contribution in [3.05, 3.63) is 11.6 Å². The van der Waals surface area contributed by atoms with E-state index in [0.717, 1.165) is 0 Å². The van der Waals surface area contributed by atoms with Gasteiger partial charge in [0.1, 0.15) is 24.5 Å². The van der Waals surface area contributed by atoms with E-state index < -0.39 is 11.9 Å². The van der Waals surface area contributed by atoms with Crippen LogP contribution in [-0.2, 0) is 22.4 Å². The Morgan fingerprint density at radius 1 is 0.889 bits per heavy atom. The number of aromatic nitrogens is 6. The van der Waals surface area contributed by atoms with Crippen LogP contribution in [0.25, 0.3) is 11.6 Å².